The zero-order valence-electron chi connectivity index (χ0n) is 37.7. The molecule has 0 heterocycles. The molecule has 2 aromatic carbocycles. The van der Waals surface area contributed by atoms with Crippen LogP contribution in [0, 0.1) is 11.6 Å². The van der Waals surface area contributed by atoms with Gasteiger partial charge in [-0.25, -0.2) is 18.4 Å². The number of nitrogens with one attached hydrogen (secondary N) is 1. The van der Waals surface area contributed by atoms with Crippen LogP contribution < -0.4 is 10.1 Å². The summed E-state index contributed by atoms with van der Waals surface area (Å²) in [6.45, 7) is 7.20. The van der Waals surface area contributed by atoms with Crippen LogP contribution in [0.25, 0.3) is 0 Å². The molecular formula is C42H46F19NO7Si. The highest BCUT2D eigenvalue weighted by molar-refractivity contribution is 6.76. The Balaban J connectivity index is 2.38. The number of hydrogen-bond donors (Lipinski definition) is 1. The number of ether oxygens (including phenoxy) is 4. The summed E-state index contributed by atoms with van der Waals surface area (Å²) in [5.74, 6) is -59.8. The number of methoxy groups -OCH3 is 1. The van der Waals surface area contributed by atoms with Crippen LogP contribution in [0.15, 0.2) is 66.3 Å². The first kappa shape index (κ1) is 61.4. The van der Waals surface area contributed by atoms with Gasteiger partial charge in [0.25, 0.3) is 0 Å². The van der Waals surface area contributed by atoms with Gasteiger partial charge < -0.3 is 23.4 Å². The van der Waals surface area contributed by atoms with Gasteiger partial charge in [0, 0.05) is 25.7 Å². The van der Waals surface area contributed by atoms with Gasteiger partial charge in [-0.15, -0.1) is 0 Å². The summed E-state index contributed by atoms with van der Waals surface area (Å²) in [4.78, 5) is 24.8. The fraction of sp³-hybridized carbons (Fsp3) is 0.571. The fourth-order valence-electron chi connectivity index (χ4n) is 6.76. The predicted molar refractivity (Wildman–Crippen MR) is 213 cm³/mol. The Morgan fingerprint density at radius 3 is 1.70 bits per heavy atom. The van der Waals surface area contributed by atoms with Crippen LogP contribution in [0.2, 0.25) is 17.1 Å². The monoisotopic (exact) mass is 1070 g/mol. The maximum absolute atomic E-state index is 15.0. The molecule has 0 saturated heterocycles. The number of amides is 1. The summed E-state index contributed by atoms with van der Waals surface area (Å²) < 4.78 is 292. The Morgan fingerprint density at radius 1 is 0.714 bits per heavy atom. The van der Waals surface area contributed by atoms with Gasteiger partial charge in [0.15, 0.2) is 14.4 Å². The molecule has 0 aliphatic carbocycles. The molecule has 0 saturated carbocycles. The van der Waals surface area contributed by atoms with Gasteiger partial charge in [0.1, 0.15) is 30.1 Å². The van der Waals surface area contributed by atoms with E-state index in [-0.39, 0.29) is 17.9 Å². The number of rotatable bonds is 25. The molecule has 2 atom stereocenters. The summed E-state index contributed by atoms with van der Waals surface area (Å²) in [5, 5.41) is 2.12. The van der Waals surface area contributed by atoms with Crippen molar-refractivity contribution < 1.29 is 116 Å². The lowest BCUT2D eigenvalue weighted by Gasteiger charge is -2.44. The molecule has 0 spiro atoms. The van der Waals surface area contributed by atoms with Crippen molar-refractivity contribution in [1.82, 2.24) is 0 Å². The predicted octanol–water partition coefficient (Wildman–Crippen LogP) is 13.9. The molecule has 0 fully saturated rings. The molecule has 2 aromatic rings. The van der Waals surface area contributed by atoms with Crippen molar-refractivity contribution in [2.45, 2.75) is 125 Å². The number of alkyl halides is 17. The number of benzene rings is 2. The van der Waals surface area contributed by atoms with E-state index in [0.29, 0.717) is 11.6 Å². The molecule has 28 heteroatoms. The van der Waals surface area contributed by atoms with E-state index in [0.717, 1.165) is 18.2 Å². The van der Waals surface area contributed by atoms with Crippen molar-refractivity contribution in [3.63, 3.8) is 0 Å². The molecule has 0 aliphatic heterocycles. The number of allylic oxidation sites excluding steroid dienone is 2. The quantitative estimate of drug-likeness (QED) is 0.0264. The van der Waals surface area contributed by atoms with Gasteiger partial charge in [-0.05, 0) is 66.4 Å². The summed E-state index contributed by atoms with van der Waals surface area (Å²) in [5.41, 5.74) is -1.82. The van der Waals surface area contributed by atoms with E-state index < -0.39 is 134 Å². The molecule has 2 rings (SSSR count). The zero-order chi connectivity index (χ0) is 54.3. The number of hydrogen-bond acceptors (Lipinski definition) is 7. The second-order valence-corrected chi connectivity index (χ2v) is 20.9. The molecule has 0 unspecified atom stereocenters. The number of anilines is 1. The minimum absolute atomic E-state index is 0.00797. The van der Waals surface area contributed by atoms with Crippen LogP contribution in [0.1, 0.15) is 59.6 Å². The minimum atomic E-state index is -8.73. The average Bonchev–Trinajstić information content (AvgIpc) is 3.23. The van der Waals surface area contributed by atoms with Crippen molar-refractivity contribution in [3.8, 4) is 5.75 Å². The van der Waals surface area contributed by atoms with Gasteiger partial charge in [0.2, 0.25) is 0 Å². The Morgan fingerprint density at radius 2 is 1.23 bits per heavy atom. The number of esters is 1. The van der Waals surface area contributed by atoms with Crippen molar-refractivity contribution in [1.29, 1.82) is 0 Å². The number of carbonyl (C=O) groups excluding carboxylic acids is 2. The van der Waals surface area contributed by atoms with E-state index in [1.54, 1.807) is 6.92 Å². The van der Waals surface area contributed by atoms with E-state index in [2.05, 4.69) is 5.32 Å². The molecule has 8 nitrogen and oxygen atoms in total. The van der Waals surface area contributed by atoms with E-state index in [9.17, 15) is 84.2 Å². The van der Waals surface area contributed by atoms with Gasteiger partial charge in [-0.3, -0.25) is 5.32 Å². The zero-order valence-corrected chi connectivity index (χ0v) is 38.7. The first-order chi connectivity index (χ1) is 31.8. The summed E-state index contributed by atoms with van der Waals surface area (Å²) >= 11 is 0. The van der Waals surface area contributed by atoms with Crippen LogP contribution in [0.3, 0.4) is 0 Å². The number of carbonyl (C=O) groups is 2. The van der Waals surface area contributed by atoms with E-state index >= 15 is 8.78 Å². The lowest BCUT2D eigenvalue weighted by Crippen LogP contribution is -2.74. The SMILES string of the molecule is CCOC(=O)/C=C/C=C(\C)[C@@H](OC)[C@H](OC(=O)Nc1ccc(F)cc1F)c1ccc(OCCO[Si](CCC(F)(F)C(F)(F)C(F)(F)C(F)(F)C(F)(F)C(F)(F)C(F)(F)C(F)(F)F)(C(C)C)C(C)C)cc1. The first-order valence-electron chi connectivity index (χ1n) is 20.3. The molecule has 398 valence electrons. The maximum atomic E-state index is 15.0. The molecule has 70 heavy (non-hydrogen) atoms. The maximum Gasteiger partial charge on any atom is 0.460 e. The number of halogens is 19. The van der Waals surface area contributed by atoms with Crippen molar-refractivity contribution in [2.24, 2.45) is 0 Å². The molecule has 1 amide bonds. The van der Waals surface area contributed by atoms with E-state index in [1.165, 1.54) is 78.1 Å². The Hall–Kier alpha value is -4.73. The van der Waals surface area contributed by atoms with Gasteiger partial charge >= 0.3 is 59.7 Å². The standard InChI is InChI=1S/C42H46F19NO7Si/c1-8-66-31(63)11-9-10-25(6)32(65-7)33(69-34(64)62-30-17-14-27(43)22-29(30)44)26-12-15-28(16-13-26)67-19-20-68-70(23(2)3,24(4)5)21-18-35(45,46)36(47,48)37(49,50)38(51,52)39(53,54)40(55,56)41(57,58)42(59,60)61/h9-17,22-24,32-33H,8,18-21H2,1-7H3,(H,62,64)/b11-9+,25-10+/t32-,33-/m1/s1. The Bertz CT molecular complexity index is 2120. The Kier molecular flexibility index (Phi) is 20.0. The first-order valence-corrected chi connectivity index (χ1v) is 22.6. The van der Waals surface area contributed by atoms with Crippen LogP contribution in [-0.4, -0.2) is 101 Å². The van der Waals surface area contributed by atoms with Crippen LogP contribution in [0.4, 0.5) is 93.9 Å². The van der Waals surface area contributed by atoms with Crippen LogP contribution >= 0.6 is 0 Å². The highest BCUT2D eigenvalue weighted by Crippen LogP contribution is 2.64. The Labute approximate surface area is 388 Å². The third-order valence-corrected chi connectivity index (χ3v) is 16.4. The van der Waals surface area contributed by atoms with Crippen LogP contribution in [-0.2, 0) is 23.4 Å². The molecule has 0 bridgehead atoms. The highest BCUT2D eigenvalue weighted by Gasteiger charge is 2.95. The topological polar surface area (TPSA) is 92.3 Å². The highest BCUT2D eigenvalue weighted by atomic mass is 28.4. The van der Waals surface area contributed by atoms with Crippen molar-refractivity contribution in [3.05, 3.63) is 83.5 Å². The van der Waals surface area contributed by atoms with Gasteiger partial charge in [-0.1, -0.05) is 52.0 Å². The van der Waals surface area contributed by atoms with Crippen molar-refractivity contribution >= 4 is 26.1 Å². The third-order valence-electron chi connectivity index (χ3n) is 10.8. The van der Waals surface area contributed by atoms with Crippen LogP contribution in [0.5, 0.6) is 5.75 Å². The lowest BCUT2D eigenvalue weighted by atomic mass is 9.88. The molecule has 0 aliphatic rings. The van der Waals surface area contributed by atoms with Gasteiger partial charge in [-0.2, -0.15) is 74.6 Å². The fourth-order valence-corrected chi connectivity index (χ4v) is 11.2. The lowest BCUT2D eigenvalue weighted by molar-refractivity contribution is -0.461. The summed E-state index contributed by atoms with van der Waals surface area (Å²) in [6, 6.07) is 6.11. The molecular weight excluding hydrogens is 1020 g/mol. The molecule has 0 aromatic heterocycles. The van der Waals surface area contributed by atoms with Gasteiger partial charge in [0.05, 0.1) is 18.9 Å². The third kappa shape index (κ3) is 12.6. The smallest absolute Gasteiger partial charge is 0.460 e. The van der Waals surface area contributed by atoms with E-state index in [1.807, 2.05) is 0 Å². The second-order valence-electron chi connectivity index (χ2n) is 15.9. The van der Waals surface area contributed by atoms with Crippen molar-refractivity contribution in [2.75, 3.05) is 32.2 Å². The second kappa shape index (κ2) is 22.8. The molecule has 0 radical (unpaired) electrons. The van der Waals surface area contributed by atoms with E-state index in [4.69, 9.17) is 23.4 Å². The summed E-state index contributed by atoms with van der Waals surface area (Å²) in [6.07, 6.45) is -10.4. The normalized spacial score (nSPS) is 15.1. The largest absolute Gasteiger partial charge is 0.491 e. The minimum Gasteiger partial charge on any atom is -0.491 e. The average molecular weight is 1070 g/mol. The summed E-state index contributed by atoms with van der Waals surface area (Å²) in [7, 11) is -2.86. The molecule has 1 N–H and O–H groups in total.